The molecular formula is C12H25F. The number of hydrogen-bond acceptors (Lipinski definition) is 0. The summed E-state index contributed by atoms with van der Waals surface area (Å²) in [5.74, 6) is 0. The maximum atomic E-state index is 12.2. The highest BCUT2D eigenvalue weighted by atomic mass is 19.1. The lowest BCUT2D eigenvalue weighted by atomic mass is 10.1. The van der Waals surface area contributed by atoms with Crippen LogP contribution in [0.4, 0.5) is 4.39 Å². The summed E-state index contributed by atoms with van der Waals surface area (Å²) >= 11 is 0. The van der Waals surface area contributed by atoms with E-state index in [1.54, 1.807) is 13.0 Å². The van der Waals surface area contributed by atoms with Gasteiger partial charge in [0.25, 0.3) is 0 Å². The number of rotatable bonds is 3. The number of halogens is 1. The molecule has 0 aliphatic heterocycles. The summed E-state index contributed by atoms with van der Waals surface area (Å²) in [6.45, 7) is 15.0. The van der Waals surface area contributed by atoms with Gasteiger partial charge in [-0.1, -0.05) is 52.0 Å². The van der Waals surface area contributed by atoms with Gasteiger partial charge in [-0.2, -0.15) is 0 Å². The van der Waals surface area contributed by atoms with Gasteiger partial charge in [0.05, 0.1) is 0 Å². The highest BCUT2D eigenvalue weighted by molar-refractivity contribution is 5.08. The first-order chi connectivity index (χ1) is 6.16. The Morgan fingerprint density at radius 1 is 1.31 bits per heavy atom. The van der Waals surface area contributed by atoms with Crippen LogP contribution in [-0.4, -0.2) is 6.17 Å². The molecule has 0 aromatic heterocycles. The van der Waals surface area contributed by atoms with E-state index in [2.05, 4.69) is 6.58 Å². The summed E-state index contributed by atoms with van der Waals surface area (Å²) in [5, 5.41) is 0. The zero-order valence-electron chi connectivity index (χ0n) is 10.0. The average Bonchev–Trinajstić information content (AvgIpc) is 2.10. The van der Waals surface area contributed by atoms with Crippen LogP contribution in [0.2, 0.25) is 0 Å². The summed E-state index contributed by atoms with van der Waals surface area (Å²) in [4.78, 5) is 0. The molecule has 0 aliphatic carbocycles. The Kier molecular flexibility index (Phi) is 24.5. The van der Waals surface area contributed by atoms with Crippen molar-refractivity contribution in [3.05, 3.63) is 24.3 Å². The third-order valence-corrected chi connectivity index (χ3v) is 1.01. The molecule has 0 nitrogen and oxygen atoms in total. The molecule has 0 radical (unpaired) electrons. The van der Waals surface area contributed by atoms with Gasteiger partial charge in [0.15, 0.2) is 0 Å². The lowest BCUT2D eigenvalue weighted by Gasteiger charge is -1.98. The molecule has 0 spiro atoms. The van der Waals surface area contributed by atoms with Gasteiger partial charge < -0.3 is 0 Å². The van der Waals surface area contributed by atoms with E-state index in [0.29, 0.717) is 6.42 Å². The third-order valence-electron chi connectivity index (χ3n) is 1.01. The van der Waals surface area contributed by atoms with E-state index in [0.717, 1.165) is 5.57 Å². The van der Waals surface area contributed by atoms with E-state index >= 15 is 0 Å². The minimum absolute atomic E-state index is 0.520. The smallest absolute Gasteiger partial charge is 0.101 e. The fraction of sp³-hybridized carbons (Fsp3) is 0.667. The summed E-state index contributed by atoms with van der Waals surface area (Å²) in [6, 6.07) is 0. The maximum Gasteiger partial charge on any atom is 0.101 e. The van der Waals surface area contributed by atoms with E-state index in [1.165, 1.54) is 0 Å². The topological polar surface area (TPSA) is 0 Å². The second-order valence-corrected chi connectivity index (χ2v) is 2.23. The first-order valence-corrected chi connectivity index (χ1v) is 5.09. The summed E-state index contributed by atoms with van der Waals surface area (Å²) in [7, 11) is 0. The molecule has 0 fully saturated rings. The van der Waals surface area contributed by atoms with Crippen LogP contribution in [0, 0.1) is 0 Å². The second kappa shape index (κ2) is 17.5. The van der Waals surface area contributed by atoms with Crippen LogP contribution in [0.3, 0.4) is 0 Å². The molecular weight excluding hydrogens is 163 g/mol. The molecule has 1 unspecified atom stereocenters. The lowest BCUT2D eigenvalue weighted by Crippen LogP contribution is -1.91. The molecule has 13 heavy (non-hydrogen) atoms. The molecule has 0 saturated heterocycles. The number of allylic oxidation sites excluding steroid dienone is 3. The SMILES string of the molecule is C=C/C=C(/C)CC(C)F.CC.CC. The van der Waals surface area contributed by atoms with Crippen LogP contribution >= 0.6 is 0 Å². The molecule has 1 atom stereocenters. The first-order valence-electron chi connectivity index (χ1n) is 5.09. The van der Waals surface area contributed by atoms with Crippen molar-refractivity contribution in [2.24, 2.45) is 0 Å². The van der Waals surface area contributed by atoms with Gasteiger partial charge in [0.2, 0.25) is 0 Å². The van der Waals surface area contributed by atoms with Gasteiger partial charge in [-0.05, 0) is 20.3 Å². The minimum atomic E-state index is -0.735. The van der Waals surface area contributed by atoms with Crippen molar-refractivity contribution in [3.8, 4) is 0 Å². The van der Waals surface area contributed by atoms with Crippen molar-refractivity contribution in [1.29, 1.82) is 0 Å². The van der Waals surface area contributed by atoms with Crippen molar-refractivity contribution in [2.45, 2.75) is 54.1 Å². The lowest BCUT2D eigenvalue weighted by molar-refractivity contribution is 0.359. The first kappa shape index (κ1) is 18.2. The summed E-state index contributed by atoms with van der Waals surface area (Å²) in [5.41, 5.74) is 1.04. The van der Waals surface area contributed by atoms with E-state index in [1.807, 2.05) is 40.7 Å². The van der Waals surface area contributed by atoms with Crippen molar-refractivity contribution < 1.29 is 4.39 Å². The zero-order valence-corrected chi connectivity index (χ0v) is 10.0. The van der Waals surface area contributed by atoms with Gasteiger partial charge in [-0.25, -0.2) is 4.39 Å². The molecule has 0 saturated carbocycles. The molecule has 0 bridgehead atoms. The van der Waals surface area contributed by atoms with Crippen LogP contribution in [0.25, 0.3) is 0 Å². The van der Waals surface area contributed by atoms with E-state index in [-0.39, 0.29) is 0 Å². The molecule has 0 aromatic carbocycles. The summed E-state index contributed by atoms with van der Waals surface area (Å²) < 4.78 is 12.2. The van der Waals surface area contributed by atoms with Gasteiger partial charge in [0.1, 0.15) is 6.17 Å². The van der Waals surface area contributed by atoms with Crippen molar-refractivity contribution in [1.82, 2.24) is 0 Å². The Hall–Kier alpha value is -0.590. The Morgan fingerprint density at radius 2 is 1.69 bits per heavy atom. The van der Waals surface area contributed by atoms with Crippen LogP contribution < -0.4 is 0 Å². The predicted octanol–water partition coefficient (Wildman–Crippen LogP) is 4.92. The Morgan fingerprint density at radius 3 is 1.92 bits per heavy atom. The van der Waals surface area contributed by atoms with Gasteiger partial charge in [0, 0.05) is 0 Å². The molecule has 0 heterocycles. The molecule has 0 rings (SSSR count). The monoisotopic (exact) mass is 188 g/mol. The maximum absolute atomic E-state index is 12.2. The largest absolute Gasteiger partial charge is 0.247 e. The van der Waals surface area contributed by atoms with Gasteiger partial charge in [-0.3, -0.25) is 0 Å². The van der Waals surface area contributed by atoms with Crippen LogP contribution in [0.1, 0.15) is 48.0 Å². The Balaban J connectivity index is -0.000000218. The highest BCUT2D eigenvalue weighted by Gasteiger charge is 1.96. The number of alkyl halides is 1. The fourth-order valence-corrected chi connectivity index (χ4v) is 0.713. The number of hydrogen-bond donors (Lipinski definition) is 0. The van der Waals surface area contributed by atoms with Crippen molar-refractivity contribution in [3.63, 3.8) is 0 Å². The second-order valence-electron chi connectivity index (χ2n) is 2.23. The minimum Gasteiger partial charge on any atom is -0.247 e. The molecule has 80 valence electrons. The van der Waals surface area contributed by atoms with E-state index in [9.17, 15) is 4.39 Å². The van der Waals surface area contributed by atoms with Crippen molar-refractivity contribution in [2.75, 3.05) is 0 Å². The van der Waals surface area contributed by atoms with Crippen LogP contribution in [0.5, 0.6) is 0 Å². The standard InChI is InChI=1S/C8H13F.2C2H6/c1-4-5-7(2)6-8(3)9;2*1-2/h4-5,8H,1,6H2,2-3H3;2*1-2H3/b7-5-;;. The third kappa shape index (κ3) is 24.6. The fourth-order valence-electron chi connectivity index (χ4n) is 0.713. The van der Waals surface area contributed by atoms with E-state index < -0.39 is 6.17 Å². The Labute approximate surface area is 83.6 Å². The average molecular weight is 188 g/mol. The van der Waals surface area contributed by atoms with Crippen LogP contribution in [0.15, 0.2) is 24.3 Å². The molecule has 0 aromatic rings. The highest BCUT2D eigenvalue weighted by Crippen LogP contribution is 2.06. The van der Waals surface area contributed by atoms with Crippen LogP contribution in [-0.2, 0) is 0 Å². The molecule has 0 N–H and O–H groups in total. The van der Waals surface area contributed by atoms with Gasteiger partial charge in [-0.15, -0.1) is 0 Å². The Bertz CT molecular complexity index is 112. The molecule has 0 amide bonds. The zero-order chi connectivity index (χ0) is 11.3. The van der Waals surface area contributed by atoms with Crippen molar-refractivity contribution >= 4 is 0 Å². The molecule has 1 heteroatoms. The quantitative estimate of drug-likeness (QED) is 0.551. The summed E-state index contributed by atoms with van der Waals surface area (Å²) in [6.07, 6.45) is 3.29. The normalized spacial score (nSPS) is 11.5. The predicted molar refractivity (Wildman–Crippen MR) is 61.8 cm³/mol. The van der Waals surface area contributed by atoms with E-state index in [4.69, 9.17) is 0 Å². The molecule has 0 aliphatic rings. The van der Waals surface area contributed by atoms with Gasteiger partial charge >= 0.3 is 0 Å².